The van der Waals surface area contributed by atoms with E-state index < -0.39 is 11.9 Å². The summed E-state index contributed by atoms with van der Waals surface area (Å²) in [5, 5.41) is 14.9. The molecule has 3 aromatic heterocycles. The molecule has 11 nitrogen and oxygen atoms in total. The molecule has 0 radical (unpaired) electrons. The van der Waals surface area contributed by atoms with Gasteiger partial charge in [-0.25, -0.2) is 9.18 Å². The van der Waals surface area contributed by atoms with Gasteiger partial charge >= 0.3 is 12.1 Å². The summed E-state index contributed by atoms with van der Waals surface area (Å²) in [7, 11) is 0. The molecule has 2 saturated heterocycles. The van der Waals surface area contributed by atoms with E-state index in [0.29, 0.717) is 49.5 Å². The number of fused-ring (bicyclic) bond motifs is 3. The number of carbonyl (C=O) groups excluding carboxylic acids is 1. The van der Waals surface area contributed by atoms with Gasteiger partial charge in [0, 0.05) is 42.2 Å². The molecular formula is C31H37FN8O3. The molecule has 4 aromatic rings. The number of aryl methyl sites for hydroxylation is 1. The number of anilines is 1. The number of rotatable bonds is 7. The Bertz CT molecular complexity index is 1710. The summed E-state index contributed by atoms with van der Waals surface area (Å²) >= 11 is 0. The van der Waals surface area contributed by atoms with E-state index in [0.717, 1.165) is 48.8 Å². The van der Waals surface area contributed by atoms with Crippen LogP contribution >= 0.6 is 0 Å². The molecule has 226 valence electrons. The van der Waals surface area contributed by atoms with E-state index in [2.05, 4.69) is 37.7 Å². The number of aromatic nitrogens is 5. The van der Waals surface area contributed by atoms with Crippen LogP contribution in [0.5, 0.6) is 6.01 Å². The normalized spacial score (nSPS) is 25.0. The summed E-state index contributed by atoms with van der Waals surface area (Å²) in [6.45, 7) is 9.90. The van der Waals surface area contributed by atoms with Crippen LogP contribution in [0.1, 0.15) is 45.1 Å². The molecule has 1 aliphatic carbocycles. The van der Waals surface area contributed by atoms with Crippen LogP contribution in [0.15, 0.2) is 24.5 Å². The van der Waals surface area contributed by atoms with Crippen molar-refractivity contribution in [1.29, 1.82) is 0 Å². The van der Waals surface area contributed by atoms with Gasteiger partial charge in [0.25, 0.3) is 0 Å². The molecule has 7 rings (SSSR count). The van der Waals surface area contributed by atoms with E-state index in [-0.39, 0.29) is 34.1 Å². The fourth-order valence-corrected chi connectivity index (χ4v) is 7.08. The number of carbonyl (C=O) groups is 1. The number of halogens is 1. The first kappa shape index (κ1) is 27.8. The molecule has 3 fully saturated rings. The van der Waals surface area contributed by atoms with Gasteiger partial charge in [0.15, 0.2) is 5.82 Å². The van der Waals surface area contributed by atoms with Crippen LogP contribution < -0.4 is 20.3 Å². The van der Waals surface area contributed by atoms with E-state index in [1.165, 1.54) is 0 Å². The third kappa shape index (κ3) is 4.91. The summed E-state index contributed by atoms with van der Waals surface area (Å²) in [5.41, 5.74) is 3.01. The Morgan fingerprint density at radius 3 is 3.00 bits per heavy atom. The molecule has 3 N–H and O–H groups in total. The van der Waals surface area contributed by atoms with Gasteiger partial charge in [0.2, 0.25) is 0 Å². The average molecular weight is 589 g/mol. The molecule has 3 atom stereocenters. The Labute approximate surface area is 249 Å². The van der Waals surface area contributed by atoms with E-state index in [1.807, 2.05) is 24.0 Å². The summed E-state index contributed by atoms with van der Waals surface area (Å²) < 4.78 is 28.0. The second-order valence-corrected chi connectivity index (χ2v) is 12.5. The van der Waals surface area contributed by atoms with E-state index >= 15 is 4.39 Å². The van der Waals surface area contributed by atoms with Crippen LogP contribution in [0.3, 0.4) is 0 Å². The van der Waals surface area contributed by atoms with Crippen LogP contribution in [0.4, 0.5) is 15.0 Å². The van der Waals surface area contributed by atoms with Crippen LogP contribution in [0.25, 0.3) is 33.1 Å². The topological polar surface area (TPSA) is 130 Å². The molecule has 1 aromatic carbocycles. The first-order chi connectivity index (χ1) is 20.8. The van der Waals surface area contributed by atoms with Crippen LogP contribution in [0.2, 0.25) is 0 Å². The van der Waals surface area contributed by atoms with E-state index in [9.17, 15) is 4.79 Å². The Morgan fingerprint density at radius 2 is 2.14 bits per heavy atom. The Morgan fingerprint density at radius 1 is 1.26 bits per heavy atom. The zero-order valence-corrected chi connectivity index (χ0v) is 24.8. The number of nitrogens with zero attached hydrogens (tertiary/aromatic N) is 5. The fraction of sp³-hybridized carbons (Fsp3) is 0.516. The zero-order chi connectivity index (χ0) is 29.8. The maximum absolute atomic E-state index is 16.6. The standard InChI is InChI=1S/C31H37FN8O3/c1-4-42-29(41)36-19-6-9-40(14-19)27-22-12-34-25(20-10-18(2)11-23-21(20)13-35-39-23)24(32)26(22)37-28(38-27)43-17-31-7-5-8-33-16-30(31,3)15-31/h10-13,19,33H,4-9,14-17H2,1-3H3,(H,35,39)(H,36,41). The highest BCUT2D eigenvalue weighted by atomic mass is 19.1. The lowest BCUT2D eigenvalue weighted by molar-refractivity contribution is 0.149. The first-order valence-corrected chi connectivity index (χ1v) is 15.1. The Hall–Kier alpha value is -4.06. The molecule has 43 heavy (non-hydrogen) atoms. The lowest BCUT2D eigenvalue weighted by atomic mass is 9.91. The number of amides is 1. The maximum Gasteiger partial charge on any atom is 0.407 e. The molecule has 0 bridgehead atoms. The minimum absolute atomic E-state index is 0.0632. The molecule has 12 heteroatoms. The van der Waals surface area contributed by atoms with Gasteiger partial charge in [-0.15, -0.1) is 0 Å². The van der Waals surface area contributed by atoms with Crippen molar-refractivity contribution in [3.05, 3.63) is 35.9 Å². The summed E-state index contributed by atoms with van der Waals surface area (Å²) in [5.74, 6) is 0.00925. The fourth-order valence-electron chi connectivity index (χ4n) is 7.08. The van der Waals surface area contributed by atoms with Crippen molar-refractivity contribution in [2.24, 2.45) is 10.8 Å². The number of nitrogens with one attached hydrogen (secondary N) is 3. The van der Waals surface area contributed by atoms with Crippen molar-refractivity contribution >= 4 is 33.7 Å². The molecule has 2 aliphatic heterocycles. The lowest BCUT2D eigenvalue weighted by Gasteiger charge is -2.23. The predicted octanol–water partition coefficient (Wildman–Crippen LogP) is 4.50. The van der Waals surface area contributed by atoms with Crippen molar-refractivity contribution in [3.63, 3.8) is 0 Å². The molecule has 0 spiro atoms. The van der Waals surface area contributed by atoms with Crippen LogP contribution in [-0.2, 0) is 4.74 Å². The molecule has 5 heterocycles. The number of pyridine rings is 1. The van der Waals surface area contributed by atoms with Crippen LogP contribution in [0, 0.1) is 23.6 Å². The number of aromatic amines is 1. The molecular weight excluding hydrogens is 551 g/mol. The summed E-state index contributed by atoms with van der Waals surface area (Å²) in [6, 6.07) is 3.91. The van der Waals surface area contributed by atoms with Gasteiger partial charge in [-0.2, -0.15) is 15.1 Å². The quantitative estimate of drug-likeness (QED) is 0.286. The smallest absolute Gasteiger partial charge is 0.407 e. The molecule has 1 saturated carbocycles. The van der Waals surface area contributed by atoms with Gasteiger partial charge in [-0.05, 0) is 69.2 Å². The highest BCUT2D eigenvalue weighted by Crippen LogP contribution is 2.66. The highest BCUT2D eigenvalue weighted by Gasteiger charge is 2.64. The predicted molar refractivity (Wildman–Crippen MR) is 161 cm³/mol. The maximum atomic E-state index is 16.6. The van der Waals surface area contributed by atoms with Gasteiger partial charge in [-0.3, -0.25) is 10.1 Å². The van der Waals surface area contributed by atoms with Crippen LogP contribution in [-0.4, -0.2) is 76.7 Å². The third-order valence-corrected chi connectivity index (χ3v) is 9.57. The number of hydrogen-bond acceptors (Lipinski definition) is 9. The Balaban J connectivity index is 1.27. The minimum atomic E-state index is -0.535. The Kier molecular flexibility index (Phi) is 6.83. The number of benzene rings is 1. The van der Waals surface area contributed by atoms with E-state index in [1.54, 1.807) is 19.3 Å². The number of H-pyrrole nitrogens is 1. The van der Waals surface area contributed by atoms with Crippen molar-refractivity contribution in [2.75, 3.05) is 44.3 Å². The van der Waals surface area contributed by atoms with Gasteiger partial charge < -0.3 is 25.0 Å². The third-order valence-electron chi connectivity index (χ3n) is 9.57. The molecule has 1 amide bonds. The number of alkyl carbamates (subject to hydrolysis) is 1. The second-order valence-electron chi connectivity index (χ2n) is 12.5. The zero-order valence-electron chi connectivity index (χ0n) is 24.8. The average Bonchev–Trinajstić information content (AvgIpc) is 3.28. The van der Waals surface area contributed by atoms with Crippen molar-refractivity contribution in [2.45, 2.75) is 52.5 Å². The second kappa shape index (κ2) is 10.6. The van der Waals surface area contributed by atoms with Crippen molar-refractivity contribution in [1.82, 2.24) is 35.8 Å². The summed E-state index contributed by atoms with van der Waals surface area (Å²) in [4.78, 5) is 28.2. The highest BCUT2D eigenvalue weighted by molar-refractivity contribution is 5.98. The molecule has 3 aliphatic rings. The lowest BCUT2D eigenvalue weighted by Crippen LogP contribution is -2.37. The number of hydrogen-bond donors (Lipinski definition) is 3. The van der Waals surface area contributed by atoms with E-state index in [4.69, 9.17) is 14.5 Å². The molecule has 3 unspecified atom stereocenters. The van der Waals surface area contributed by atoms with Crippen molar-refractivity contribution < 1.29 is 18.7 Å². The SMILES string of the molecule is CCOC(=O)NC1CCN(c2nc(OCC34CCCNCC3(C)C4)nc3c(F)c(-c4cc(C)cc5[nH]ncc45)ncc23)C1. The van der Waals surface area contributed by atoms with Gasteiger partial charge in [0.1, 0.15) is 17.0 Å². The van der Waals surface area contributed by atoms with Gasteiger partial charge in [-0.1, -0.05) is 6.92 Å². The van der Waals surface area contributed by atoms with Crippen molar-refractivity contribution in [3.8, 4) is 17.3 Å². The van der Waals surface area contributed by atoms with Gasteiger partial charge in [0.05, 0.1) is 36.4 Å². The largest absolute Gasteiger partial charge is 0.463 e. The number of ether oxygens (including phenoxy) is 2. The minimum Gasteiger partial charge on any atom is -0.463 e. The first-order valence-electron chi connectivity index (χ1n) is 15.1. The monoisotopic (exact) mass is 588 g/mol. The summed E-state index contributed by atoms with van der Waals surface area (Å²) in [6.07, 6.45) is 6.82.